The highest BCUT2D eigenvalue weighted by molar-refractivity contribution is 5.80. The maximum atomic E-state index is 13.6. The van der Waals surface area contributed by atoms with Gasteiger partial charge in [0.1, 0.15) is 5.82 Å². The van der Waals surface area contributed by atoms with Gasteiger partial charge in [-0.05, 0) is 30.5 Å². The number of halogens is 1. The van der Waals surface area contributed by atoms with E-state index in [9.17, 15) is 4.39 Å². The van der Waals surface area contributed by atoms with Gasteiger partial charge in [0.15, 0.2) is 5.96 Å². The summed E-state index contributed by atoms with van der Waals surface area (Å²) in [6, 6.07) is 7.12. The van der Waals surface area contributed by atoms with Crippen LogP contribution in [0.3, 0.4) is 0 Å². The molecule has 0 radical (unpaired) electrons. The molecule has 6 nitrogen and oxygen atoms in total. The predicted molar refractivity (Wildman–Crippen MR) is 112 cm³/mol. The molecule has 0 amide bonds. The predicted octanol–water partition coefficient (Wildman–Crippen LogP) is 2.67. The Labute approximate surface area is 166 Å². The van der Waals surface area contributed by atoms with Gasteiger partial charge in [-0.25, -0.2) is 4.39 Å². The van der Waals surface area contributed by atoms with Crippen LogP contribution in [0.5, 0.6) is 0 Å². The van der Waals surface area contributed by atoms with Gasteiger partial charge < -0.3 is 15.5 Å². The first-order chi connectivity index (χ1) is 13.4. The Kier molecular flexibility index (Phi) is 6.21. The lowest BCUT2D eigenvalue weighted by Gasteiger charge is -2.35. The van der Waals surface area contributed by atoms with Crippen molar-refractivity contribution in [1.82, 2.24) is 20.4 Å². The molecule has 2 N–H and O–H groups in total. The Morgan fingerprint density at radius 1 is 1.39 bits per heavy atom. The van der Waals surface area contributed by atoms with Gasteiger partial charge in [0.25, 0.3) is 0 Å². The Morgan fingerprint density at radius 3 is 2.89 bits per heavy atom. The lowest BCUT2D eigenvalue weighted by molar-refractivity contribution is 0.459. The molecule has 0 bridgehead atoms. The Morgan fingerprint density at radius 2 is 2.21 bits per heavy atom. The molecule has 0 aliphatic carbocycles. The molecule has 2 heterocycles. The van der Waals surface area contributed by atoms with Crippen molar-refractivity contribution in [2.24, 2.45) is 12.0 Å². The van der Waals surface area contributed by atoms with Gasteiger partial charge in [-0.3, -0.25) is 9.67 Å². The number of nitrogens with zero attached hydrogens (tertiary/aromatic N) is 4. The maximum absolute atomic E-state index is 13.6. The molecule has 1 aromatic carbocycles. The van der Waals surface area contributed by atoms with Crippen molar-refractivity contribution >= 4 is 11.6 Å². The minimum atomic E-state index is -0.214. The molecule has 7 heteroatoms. The minimum absolute atomic E-state index is 0.203. The van der Waals surface area contributed by atoms with Gasteiger partial charge >= 0.3 is 0 Å². The lowest BCUT2D eigenvalue weighted by Crippen LogP contribution is -2.52. The van der Waals surface area contributed by atoms with Crippen molar-refractivity contribution in [2.75, 3.05) is 31.6 Å². The fourth-order valence-electron chi connectivity index (χ4n) is 3.61. The van der Waals surface area contributed by atoms with Crippen molar-refractivity contribution in [3.05, 3.63) is 48.0 Å². The molecular weight excluding hydrogens is 355 g/mol. The average molecular weight is 387 g/mol. The molecule has 1 fully saturated rings. The van der Waals surface area contributed by atoms with E-state index in [1.165, 1.54) is 6.07 Å². The van der Waals surface area contributed by atoms with E-state index < -0.39 is 0 Å². The van der Waals surface area contributed by atoms with Crippen molar-refractivity contribution in [2.45, 2.75) is 38.1 Å². The molecule has 1 aromatic heterocycles. The van der Waals surface area contributed by atoms with Crippen LogP contribution >= 0.6 is 0 Å². The van der Waals surface area contributed by atoms with E-state index in [1.807, 2.05) is 24.0 Å². The largest absolute Gasteiger partial charge is 0.367 e. The Hall–Kier alpha value is -2.57. The number of hydrogen-bond acceptors (Lipinski definition) is 3. The van der Waals surface area contributed by atoms with Gasteiger partial charge in [-0.15, -0.1) is 0 Å². The highest BCUT2D eigenvalue weighted by Crippen LogP contribution is 2.23. The van der Waals surface area contributed by atoms with Crippen LogP contribution in [0.15, 0.2) is 41.7 Å². The van der Waals surface area contributed by atoms with E-state index >= 15 is 0 Å². The first kappa shape index (κ1) is 20.2. The van der Waals surface area contributed by atoms with E-state index in [4.69, 9.17) is 0 Å². The van der Waals surface area contributed by atoms with Crippen LogP contribution < -0.4 is 15.5 Å². The molecule has 28 heavy (non-hydrogen) atoms. The summed E-state index contributed by atoms with van der Waals surface area (Å²) in [4.78, 5) is 6.74. The molecule has 1 saturated heterocycles. The fourth-order valence-corrected chi connectivity index (χ4v) is 3.61. The number of aliphatic imine (C=N–C) groups is 1. The molecule has 2 aromatic rings. The third kappa shape index (κ3) is 5.03. The first-order valence-corrected chi connectivity index (χ1v) is 9.84. The van der Waals surface area contributed by atoms with E-state index in [0.717, 1.165) is 43.1 Å². The summed E-state index contributed by atoms with van der Waals surface area (Å²) in [5, 5.41) is 11.2. The standard InChI is InChI=1S/C21H31FN6/c1-21(2,16-7-5-8-17(22)11-16)15-24-20(23-3)26-18-9-6-10-28(13-18)19-12-25-27(4)14-19/h5,7-8,11-12,14,18H,6,9-10,13,15H2,1-4H3,(H2,23,24,26). The van der Waals surface area contributed by atoms with Crippen LogP contribution in [-0.2, 0) is 12.5 Å². The van der Waals surface area contributed by atoms with Crippen molar-refractivity contribution in [1.29, 1.82) is 0 Å². The maximum Gasteiger partial charge on any atom is 0.191 e. The number of piperidine rings is 1. The number of hydrogen-bond donors (Lipinski definition) is 2. The van der Waals surface area contributed by atoms with E-state index in [2.05, 4.69) is 45.7 Å². The Balaban J connectivity index is 1.57. The Bertz CT molecular complexity index is 813. The summed E-state index contributed by atoms with van der Waals surface area (Å²) in [6.07, 6.45) is 6.19. The smallest absolute Gasteiger partial charge is 0.191 e. The number of rotatable bonds is 5. The number of aromatic nitrogens is 2. The van der Waals surface area contributed by atoms with Crippen LogP contribution in [0.2, 0.25) is 0 Å². The van der Waals surface area contributed by atoms with E-state index in [-0.39, 0.29) is 11.2 Å². The number of benzene rings is 1. The minimum Gasteiger partial charge on any atom is -0.367 e. The van der Waals surface area contributed by atoms with Crippen molar-refractivity contribution < 1.29 is 4.39 Å². The summed E-state index contributed by atoms with van der Waals surface area (Å²) < 4.78 is 15.4. The molecule has 1 unspecified atom stereocenters. The zero-order chi connectivity index (χ0) is 20.1. The monoisotopic (exact) mass is 386 g/mol. The zero-order valence-electron chi connectivity index (χ0n) is 17.2. The summed E-state index contributed by atoms with van der Waals surface area (Å²) in [5.74, 6) is 0.577. The van der Waals surface area contributed by atoms with Crippen molar-refractivity contribution in [3.8, 4) is 0 Å². The van der Waals surface area contributed by atoms with Gasteiger partial charge in [-0.1, -0.05) is 26.0 Å². The molecule has 3 rings (SSSR count). The van der Waals surface area contributed by atoms with Gasteiger partial charge in [-0.2, -0.15) is 5.10 Å². The molecule has 0 spiro atoms. The average Bonchev–Trinajstić information content (AvgIpc) is 3.12. The fraction of sp³-hybridized carbons (Fsp3) is 0.524. The summed E-state index contributed by atoms with van der Waals surface area (Å²) in [5.41, 5.74) is 1.91. The van der Waals surface area contributed by atoms with Crippen LogP contribution in [0.1, 0.15) is 32.3 Å². The number of anilines is 1. The SMILES string of the molecule is CN=C(NCC(C)(C)c1cccc(F)c1)NC1CCCN(c2cnn(C)c2)C1. The first-order valence-electron chi connectivity index (χ1n) is 9.84. The van der Waals surface area contributed by atoms with Gasteiger partial charge in [0.05, 0.1) is 11.9 Å². The van der Waals surface area contributed by atoms with Crippen LogP contribution in [0, 0.1) is 5.82 Å². The van der Waals surface area contributed by atoms with E-state index in [1.54, 1.807) is 19.2 Å². The molecule has 152 valence electrons. The van der Waals surface area contributed by atoms with Crippen LogP contribution in [-0.4, -0.2) is 48.5 Å². The lowest BCUT2D eigenvalue weighted by atomic mass is 9.84. The molecule has 1 atom stereocenters. The van der Waals surface area contributed by atoms with Crippen LogP contribution in [0.25, 0.3) is 0 Å². The highest BCUT2D eigenvalue weighted by atomic mass is 19.1. The molecule has 0 saturated carbocycles. The highest BCUT2D eigenvalue weighted by Gasteiger charge is 2.24. The number of aryl methyl sites for hydroxylation is 1. The van der Waals surface area contributed by atoms with Crippen LogP contribution in [0.4, 0.5) is 10.1 Å². The van der Waals surface area contributed by atoms with E-state index in [0.29, 0.717) is 12.6 Å². The summed E-state index contributed by atoms with van der Waals surface area (Å²) >= 11 is 0. The summed E-state index contributed by atoms with van der Waals surface area (Å²) in [6.45, 7) is 6.83. The zero-order valence-corrected chi connectivity index (χ0v) is 17.2. The topological polar surface area (TPSA) is 57.5 Å². The second-order valence-electron chi connectivity index (χ2n) is 8.12. The molecular formula is C21H31FN6. The normalized spacial score (nSPS) is 18.2. The number of guanidine groups is 1. The van der Waals surface area contributed by atoms with Crippen molar-refractivity contribution in [3.63, 3.8) is 0 Å². The second kappa shape index (κ2) is 8.63. The quantitative estimate of drug-likeness (QED) is 0.613. The summed E-state index contributed by atoms with van der Waals surface area (Å²) in [7, 11) is 3.72. The number of nitrogens with one attached hydrogen (secondary N) is 2. The third-order valence-corrected chi connectivity index (χ3v) is 5.35. The molecule has 1 aliphatic heterocycles. The third-order valence-electron chi connectivity index (χ3n) is 5.35. The second-order valence-corrected chi connectivity index (χ2v) is 8.12. The molecule has 1 aliphatic rings. The van der Waals surface area contributed by atoms with Gasteiger partial charge in [0.2, 0.25) is 0 Å². The van der Waals surface area contributed by atoms with Gasteiger partial charge in [0, 0.05) is 51.4 Å².